The molecule has 2 atom stereocenters. The second kappa shape index (κ2) is 8.39. The normalized spacial score (nSPS) is 19.5. The monoisotopic (exact) mass is 379 g/mol. The number of aryl methyl sites for hydroxylation is 1. The summed E-state index contributed by atoms with van der Waals surface area (Å²) in [6, 6.07) is 8.02. The van der Waals surface area contributed by atoms with Crippen molar-refractivity contribution in [1.82, 2.24) is 24.8 Å². The number of carbonyl (C=O) groups is 1. The summed E-state index contributed by atoms with van der Waals surface area (Å²) in [5.41, 5.74) is 2.03. The number of nitrogens with zero attached hydrogens (tertiary/aromatic N) is 3. The highest BCUT2D eigenvalue weighted by Gasteiger charge is 2.35. The second-order valence-corrected chi connectivity index (χ2v) is 6.97. The molecule has 28 heavy (non-hydrogen) atoms. The van der Waals surface area contributed by atoms with Crippen molar-refractivity contribution in [3.63, 3.8) is 0 Å². The van der Waals surface area contributed by atoms with Gasteiger partial charge in [-0.15, -0.1) is 0 Å². The summed E-state index contributed by atoms with van der Waals surface area (Å²) >= 11 is 0. The van der Waals surface area contributed by atoms with Gasteiger partial charge in [-0.1, -0.05) is 18.2 Å². The summed E-state index contributed by atoms with van der Waals surface area (Å²) in [6.07, 6.45) is 8.63. The minimum absolute atomic E-state index is 0.0127. The highest BCUT2D eigenvalue weighted by molar-refractivity contribution is 5.79. The molecular weight excluding hydrogens is 354 g/mol. The molecule has 1 fully saturated rings. The third kappa shape index (κ3) is 3.84. The van der Waals surface area contributed by atoms with E-state index >= 15 is 0 Å². The van der Waals surface area contributed by atoms with Gasteiger partial charge in [-0.3, -0.25) is 4.79 Å². The third-order valence-corrected chi connectivity index (χ3v) is 5.17. The Hall–Kier alpha value is -2.93. The zero-order chi connectivity index (χ0) is 19.3. The highest BCUT2D eigenvalue weighted by atomic mass is 16.5. The van der Waals surface area contributed by atoms with Gasteiger partial charge in [0.15, 0.2) is 0 Å². The van der Waals surface area contributed by atoms with E-state index in [1.165, 1.54) is 0 Å². The first-order chi connectivity index (χ1) is 13.8. The molecule has 0 saturated carbocycles. The number of hydrogen-bond acceptors (Lipinski definition) is 4. The number of imidazole rings is 2. The number of benzene rings is 1. The maximum Gasteiger partial charge on any atom is 0.226 e. The maximum absolute atomic E-state index is 12.9. The van der Waals surface area contributed by atoms with Crippen LogP contribution in [0.25, 0.3) is 11.4 Å². The smallest absolute Gasteiger partial charge is 0.226 e. The predicted octanol–water partition coefficient (Wildman–Crippen LogP) is 3.08. The number of carbonyl (C=O) groups excluding carboxylic acids is 1. The Bertz CT molecular complexity index is 919. The van der Waals surface area contributed by atoms with Crippen molar-refractivity contribution >= 4 is 5.91 Å². The molecule has 1 amide bonds. The van der Waals surface area contributed by atoms with Crippen molar-refractivity contribution < 1.29 is 9.53 Å². The Kier molecular flexibility index (Phi) is 5.53. The summed E-state index contributed by atoms with van der Waals surface area (Å²) < 4.78 is 8.01. The highest BCUT2D eigenvalue weighted by Crippen LogP contribution is 2.33. The number of aromatic nitrogens is 4. The lowest BCUT2D eigenvalue weighted by Gasteiger charge is -2.30. The Balaban J connectivity index is 1.45. The fourth-order valence-electron chi connectivity index (χ4n) is 3.72. The van der Waals surface area contributed by atoms with E-state index in [0.717, 1.165) is 42.2 Å². The lowest BCUT2D eigenvalue weighted by atomic mass is 9.92. The first kappa shape index (κ1) is 18.4. The molecule has 7 nitrogen and oxygen atoms in total. The summed E-state index contributed by atoms with van der Waals surface area (Å²) in [6.45, 7) is 4.01. The van der Waals surface area contributed by atoms with E-state index in [9.17, 15) is 4.79 Å². The predicted molar refractivity (Wildman–Crippen MR) is 105 cm³/mol. The fourth-order valence-corrected chi connectivity index (χ4v) is 3.72. The van der Waals surface area contributed by atoms with Crippen LogP contribution in [0.5, 0.6) is 0 Å². The van der Waals surface area contributed by atoms with Crippen LogP contribution in [0.3, 0.4) is 0 Å². The summed E-state index contributed by atoms with van der Waals surface area (Å²) in [4.78, 5) is 24.8. The van der Waals surface area contributed by atoms with Crippen LogP contribution in [0.2, 0.25) is 0 Å². The van der Waals surface area contributed by atoms with Crippen molar-refractivity contribution in [1.29, 1.82) is 0 Å². The van der Waals surface area contributed by atoms with E-state index < -0.39 is 0 Å². The number of hydrogen-bond donors (Lipinski definition) is 2. The average Bonchev–Trinajstić information content (AvgIpc) is 3.44. The van der Waals surface area contributed by atoms with Crippen molar-refractivity contribution in [2.75, 3.05) is 6.61 Å². The molecule has 3 heterocycles. The number of nitrogens with one attached hydrogen (secondary N) is 2. The fraction of sp³-hybridized carbons (Fsp3) is 0.381. The van der Waals surface area contributed by atoms with Crippen LogP contribution in [-0.2, 0) is 22.6 Å². The lowest BCUT2D eigenvalue weighted by Crippen LogP contribution is -2.38. The van der Waals surface area contributed by atoms with Crippen LogP contribution in [0.1, 0.15) is 37.3 Å². The molecular formula is C21H25N5O2. The number of aromatic amines is 1. The lowest BCUT2D eigenvalue weighted by molar-refractivity contribution is -0.135. The number of H-pyrrole nitrogens is 1. The zero-order valence-corrected chi connectivity index (χ0v) is 16.0. The molecule has 2 aromatic heterocycles. The molecule has 1 saturated heterocycles. The van der Waals surface area contributed by atoms with Gasteiger partial charge in [0, 0.05) is 50.0 Å². The molecule has 146 valence electrons. The van der Waals surface area contributed by atoms with Crippen LogP contribution < -0.4 is 5.32 Å². The van der Waals surface area contributed by atoms with Crippen LogP contribution in [0.4, 0.5) is 0 Å². The summed E-state index contributed by atoms with van der Waals surface area (Å²) in [5, 5.41) is 3.08. The van der Waals surface area contributed by atoms with Gasteiger partial charge in [-0.25, -0.2) is 9.97 Å². The van der Waals surface area contributed by atoms with Gasteiger partial charge in [0.25, 0.3) is 0 Å². The van der Waals surface area contributed by atoms with Gasteiger partial charge < -0.3 is 19.6 Å². The number of rotatable bonds is 6. The van der Waals surface area contributed by atoms with E-state index in [2.05, 4.69) is 27.2 Å². The van der Waals surface area contributed by atoms with Crippen LogP contribution in [0, 0.1) is 5.92 Å². The van der Waals surface area contributed by atoms with E-state index in [-0.39, 0.29) is 17.9 Å². The van der Waals surface area contributed by atoms with Crippen molar-refractivity contribution in [2.45, 2.75) is 39.0 Å². The number of ether oxygens (including phenoxy) is 1. The molecule has 0 unspecified atom stereocenters. The zero-order valence-electron chi connectivity index (χ0n) is 16.0. The Morgan fingerprint density at radius 2 is 2.29 bits per heavy atom. The summed E-state index contributed by atoms with van der Waals surface area (Å²) in [7, 11) is 0. The van der Waals surface area contributed by atoms with Gasteiger partial charge >= 0.3 is 0 Å². The van der Waals surface area contributed by atoms with Gasteiger partial charge in [0.1, 0.15) is 17.8 Å². The number of amides is 1. The first-order valence-electron chi connectivity index (χ1n) is 9.75. The molecule has 0 bridgehead atoms. The molecule has 7 heteroatoms. The Morgan fingerprint density at radius 3 is 3.11 bits per heavy atom. The van der Waals surface area contributed by atoms with E-state index in [1.54, 1.807) is 18.6 Å². The third-order valence-electron chi connectivity index (χ3n) is 5.17. The van der Waals surface area contributed by atoms with Crippen molar-refractivity contribution in [2.24, 2.45) is 5.92 Å². The van der Waals surface area contributed by atoms with Crippen LogP contribution >= 0.6 is 0 Å². The van der Waals surface area contributed by atoms with Crippen LogP contribution in [-0.4, -0.2) is 32.0 Å². The van der Waals surface area contributed by atoms with Crippen molar-refractivity contribution in [3.8, 4) is 11.4 Å². The van der Waals surface area contributed by atoms with E-state index in [4.69, 9.17) is 4.74 Å². The molecule has 1 aliphatic heterocycles. The minimum atomic E-state index is -0.293. The molecule has 1 aliphatic rings. The van der Waals surface area contributed by atoms with Gasteiger partial charge in [0.05, 0.1) is 5.92 Å². The molecule has 3 aromatic rings. The minimum Gasteiger partial charge on any atom is -0.369 e. The summed E-state index contributed by atoms with van der Waals surface area (Å²) in [5.74, 6) is 1.44. The molecule has 0 spiro atoms. The quantitative estimate of drug-likeness (QED) is 0.689. The largest absolute Gasteiger partial charge is 0.369 e. The Labute approximate surface area is 164 Å². The topological polar surface area (TPSA) is 84.8 Å². The SMILES string of the molecule is CCn1ccnc1[C@@H]1OCCC[C@H]1C(=O)NCc1cccc(-c2ncc[nH]2)c1. The average molecular weight is 379 g/mol. The standard InChI is InChI=1S/C21H25N5O2/c1-2-26-11-10-24-20(26)18-17(7-4-12-28-18)21(27)25-14-15-5-3-6-16(13-15)19-22-8-9-23-19/h3,5-6,8-11,13,17-18H,2,4,7,12,14H2,1H3,(H,22,23)(H,25,27)/t17-,18-/m1/s1. The molecule has 1 aromatic carbocycles. The van der Waals surface area contributed by atoms with Gasteiger partial charge in [-0.2, -0.15) is 0 Å². The molecule has 0 aliphatic carbocycles. The van der Waals surface area contributed by atoms with Crippen molar-refractivity contribution in [3.05, 3.63) is 60.4 Å². The molecule has 2 N–H and O–H groups in total. The van der Waals surface area contributed by atoms with Crippen LogP contribution in [0.15, 0.2) is 49.1 Å². The Morgan fingerprint density at radius 1 is 1.36 bits per heavy atom. The second-order valence-electron chi connectivity index (χ2n) is 6.97. The maximum atomic E-state index is 12.9. The molecule has 4 rings (SSSR count). The van der Waals surface area contributed by atoms with E-state index in [0.29, 0.717) is 13.2 Å². The first-order valence-corrected chi connectivity index (χ1v) is 9.75. The molecule has 0 radical (unpaired) electrons. The van der Waals surface area contributed by atoms with Gasteiger partial charge in [-0.05, 0) is 31.4 Å². The van der Waals surface area contributed by atoms with E-state index in [1.807, 2.05) is 35.0 Å². The van der Waals surface area contributed by atoms with Gasteiger partial charge in [0.2, 0.25) is 5.91 Å².